The van der Waals surface area contributed by atoms with Crippen LogP contribution in [0.25, 0.3) is 6.08 Å². The highest BCUT2D eigenvalue weighted by Gasteiger charge is 2.04. The van der Waals surface area contributed by atoms with Gasteiger partial charge in [0.2, 0.25) is 5.91 Å². The van der Waals surface area contributed by atoms with Crippen molar-refractivity contribution in [3.8, 4) is 11.5 Å². The Labute approximate surface area is 175 Å². The van der Waals surface area contributed by atoms with Gasteiger partial charge >= 0.3 is 0 Å². The van der Waals surface area contributed by atoms with Gasteiger partial charge in [-0.3, -0.25) is 4.79 Å². The molecule has 4 nitrogen and oxygen atoms in total. The van der Waals surface area contributed by atoms with E-state index in [0.29, 0.717) is 11.5 Å². The minimum absolute atomic E-state index is 0.189. The van der Waals surface area contributed by atoms with Crippen LogP contribution in [0.15, 0.2) is 83.8 Å². The molecule has 148 valence electrons. The predicted octanol–water partition coefficient (Wildman–Crippen LogP) is 5.65. The van der Waals surface area contributed by atoms with Gasteiger partial charge in [0.25, 0.3) is 0 Å². The lowest BCUT2D eigenvalue weighted by atomic mass is 10.2. The van der Waals surface area contributed by atoms with E-state index in [2.05, 4.69) is 17.4 Å². The van der Waals surface area contributed by atoms with Crippen LogP contribution < -0.4 is 14.8 Å². The van der Waals surface area contributed by atoms with Gasteiger partial charge in [-0.05, 0) is 53.6 Å². The van der Waals surface area contributed by atoms with Gasteiger partial charge in [0, 0.05) is 22.4 Å². The fourth-order valence-electron chi connectivity index (χ4n) is 2.68. The van der Waals surface area contributed by atoms with Crippen molar-refractivity contribution in [2.24, 2.45) is 0 Å². The third kappa shape index (κ3) is 6.16. The number of anilines is 1. The Hall–Kier alpha value is -3.18. The maximum atomic E-state index is 12.2. The van der Waals surface area contributed by atoms with E-state index < -0.39 is 0 Å². The Bertz CT molecular complexity index is 969. The topological polar surface area (TPSA) is 47.6 Å². The molecule has 0 aliphatic heterocycles. The fraction of sp³-hybridized carbons (Fsp3) is 0.125. The van der Waals surface area contributed by atoms with Crippen LogP contribution in [-0.4, -0.2) is 20.1 Å². The summed E-state index contributed by atoms with van der Waals surface area (Å²) in [5, 5.41) is 2.88. The van der Waals surface area contributed by atoms with Crippen molar-refractivity contribution < 1.29 is 14.3 Å². The number of benzene rings is 3. The number of hydrogen-bond acceptors (Lipinski definition) is 4. The van der Waals surface area contributed by atoms with Crippen LogP contribution in [0.4, 0.5) is 5.69 Å². The molecule has 0 saturated heterocycles. The van der Waals surface area contributed by atoms with Crippen molar-refractivity contribution in [3.05, 3.63) is 90.0 Å². The zero-order valence-electron chi connectivity index (χ0n) is 16.4. The molecule has 0 unspecified atom stereocenters. The second-order valence-corrected chi connectivity index (χ2v) is 7.28. The molecule has 0 heterocycles. The summed E-state index contributed by atoms with van der Waals surface area (Å²) in [7, 11) is 3.17. The number of hydrogen-bond donors (Lipinski definition) is 1. The first-order valence-corrected chi connectivity index (χ1v) is 10.1. The van der Waals surface area contributed by atoms with Crippen molar-refractivity contribution in [1.82, 2.24) is 0 Å². The van der Waals surface area contributed by atoms with Gasteiger partial charge < -0.3 is 14.8 Å². The van der Waals surface area contributed by atoms with E-state index in [1.807, 2.05) is 60.7 Å². The Kier molecular flexibility index (Phi) is 7.36. The molecule has 1 N–H and O–H groups in total. The zero-order valence-corrected chi connectivity index (χ0v) is 17.2. The van der Waals surface area contributed by atoms with E-state index in [1.165, 1.54) is 16.5 Å². The lowest BCUT2D eigenvalue weighted by Gasteiger charge is -2.07. The van der Waals surface area contributed by atoms with Gasteiger partial charge in [0.1, 0.15) is 0 Å². The first kappa shape index (κ1) is 20.6. The Balaban J connectivity index is 1.54. The van der Waals surface area contributed by atoms with Crippen LogP contribution in [0.5, 0.6) is 11.5 Å². The van der Waals surface area contributed by atoms with Gasteiger partial charge in [-0.2, -0.15) is 0 Å². The third-order valence-corrected chi connectivity index (χ3v) is 5.29. The summed E-state index contributed by atoms with van der Waals surface area (Å²) in [6, 6.07) is 23.7. The average Bonchev–Trinajstić information content (AvgIpc) is 2.77. The molecular formula is C24H23NO3S. The SMILES string of the molecule is COc1ccc(C=CC(=O)Nc2ccc(CSc3ccccc3)cc2)cc1OC. The summed E-state index contributed by atoms with van der Waals surface area (Å²) in [6.07, 6.45) is 3.24. The molecule has 0 bridgehead atoms. The van der Waals surface area contributed by atoms with Crippen LogP contribution in [0.1, 0.15) is 11.1 Å². The smallest absolute Gasteiger partial charge is 0.248 e. The van der Waals surface area contributed by atoms with E-state index in [9.17, 15) is 4.79 Å². The van der Waals surface area contributed by atoms with E-state index in [1.54, 1.807) is 32.1 Å². The molecular weight excluding hydrogens is 382 g/mol. The highest BCUT2D eigenvalue weighted by Crippen LogP contribution is 2.28. The highest BCUT2D eigenvalue weighted by atomic mass is 32.2. The number of amides is 1. The van der Waals surface area contributed by atoms with Crippen molar-refractivity contribution in [2.45, 2.75) is 10.6 Å². The predicted molar refractivity (Wildman–Crippen MR) is 120 cm³/mol. The number of ether oxygens (including phenoxy) is 2. The lowest BCUT2D eigenvalue weighted by Crippen LogP contribution is -2.07. The van der Waals surface area contributed by atoms with Crippen LogP contribution >= 0.6 is 11.8 Å². The number of nitrogens with one attached hydrogen (secondary N) is 1. The Morgan fingerprint density at radius 2 is 1.66 bits per heavy atom. The summed E-state index contributed by atoms with van der Waals surface area (Å²) in [4.78, 5) is 13.4. The number of carbonyl (C=O) groups is 1. The molecule has 0 spiro atoms. The third-order valence-electron chi connectivity index (χ3n) is 4.20. The second kappa shape index (κ2) is 10.4. The van der Waals surface area contributed by atoms with E-state index in [4.69, 9.17) is 9.47 Å². The van der Waals surface area contributed by atoms with E-state index in [0.717, 1.165) is 17.0 Å². The number of thioether (sulfide) groups is 1. The zero-order chi connectivity index (χ0) is 20.5. The monoisotopic (exact) mass is 405 g/mol. The molecule has 0 atom stereocenters. The summed E-state index contributed by atoms with van der Waals surface area (Å²) < 4.78 is 10.5. The van der Waals surface area contributed by atoms with Gasteiger partial charge in [-0.25, -0.2) is 0 Å². The van der Waals surface area contributed by atoms with E-state index >= 15 is 0 Å². The molecule has 3 aromatic rings. The summed E-state index contributed by atoms with van der Waals surface area (Å²) >= 11 is 1.79. The van der Waals surface area contributed by atoms with Crippen LogP contribution in [0, 0.1) is 0 Å². The second-order valence-electron chi connectivity index (χ2n) is 6.24. The largest absolute Gasteiger partial charge is 0.493 e. The molecule has 0 aliphatic carbocycles. The van der Waals surface area contributed by atoms with Crippen molar-refractivity contribution >= 4 is 29.4 Å². The molecule has 1 amide bonds. The molecule has 0 saturated carbocycles. The number of methoxy groups -OCH3 is 2. The Morgan fingerprint density at radius 3 is 2.34 bits per heavy atom. The molecule has 0 aliphatic rings. The van der Waals surface area contributed by atoms with Crippen molar-refractivity contribution in [2.75, 3.05) is 19.5 Å². The Morgan fingerprint density at radius 1 is 0.931 bits per heavy atom. The summed E-state index contributed by atoms with van der Waals surface area (Å²) in [5.41, 5.74) is 2.82. The maximum absolute atomic E-state index is 12.2. The van der Waals surface area contributed by atoms with Gasteiger partial charge in [0.15, 0.2) is 11.5 Å². The normalized spacial score (nSPS) is 10.7. The lowest BCUT2D eigenvalue weighted by molar-refractivity contribution is -0.111. The van der Waals surface area contributed by atoms with Crippen molar-refractivity contribution in [1.29, 1.82) is 0 Å². The standard InChI is InChI=1S/C24H23NO3S/c1-27-22-14-10-18(16-23(22)28-2)11-15-24(26)25-20-12-8-19(9-13-20)17-29-21-6-4-3-5-7-21/h3-16H,17H2,1-2H3,(H,25,26). The first-order valence-electron chi connectivity index (χ1n) is 9.16. The van der Waals surface area contributed by atoms with Crippen LogP contribution in [-0.2, 0) is 10.5 Å². The van der Waals surface area contributed by atoms with Gasteiger partial charge in [-0.1, -0.05) is 36.4 Å². The average molecular weight is 406 g/mol. The minimum atomic E-state index is -0.189. The molecule has 29 heavy (non-hydrogen) atoms. The maximum Gasteiger partial charge on any atom is 0.248 e. The van der Waals surface area contributed by atoms with Crippen LogP contribution in [0.2, 0.25) is 0 Å². The quantitative estimate of drug-likeness (QED) is 0.389. The molecule has 0 radical (unpaired) electrons. The van der Waals surface area contributed by atoms with Gasteiger partial charge in [0.05, 0.1) is 14.2 Å². The minimum Gasteiger partial charge on any atom is -0.493 e. The molecule has 0 fully saturated rings. The van der Waals surface area contributed by atoms with Gasteiger partial charge in [-0.15, -0.1) is 11.8 Å². The summed E-state index contributed by atoms with van der Waals surface area (Å²) in [6.45, 7) is 0. The molecule has 0 aromatic heterocycles. The van der Waals surface area contributed by atoms with Crippen LogP contribution in [0.3, 0.4) is 0 Å². The number of rotatable bonds is 8. The molecule has 5 heteroatoms. The van der Waals surface area contributed by atoms with Crippen molar-refractivity contribution in [3.63, 3.8) is 0 Å². The molecule has 3 rings (SSSR count). The highest BCUT2D eigenvalue weighted by molar-refractivity contribution is 7.98. The summed E-state index contributed by atoms with van der Waals surface area (Å²) in [5.74, 6) is 1.97. The first-order chi connectivity index (χ1) is 14.2. The number of carbonyl (C=O) groups excluding carboxylic acids is 1. The molecule has 3 aromatic carbocycles. The fourth-order valence-corrected chi connectivity index (χ4v) is 3.56. The van der Waals surface area contributed by atoms with E-state index in [-0.39, 0.29) is 5.91 Å².